The molecule has 78 valence electrons. The van der Waals surface area contributed by atoms with Gasteiger partial charge >= 0.3 is 0 Å². The number of nitriles is 1. The molecular weight excluding hydrogens is 218 g/mol. The van der Waals surface area contributed by atoms with Crippen molar-refractivity contribution in [2.24, 2.45) is 0 Å². The predicted molar refractivity (Wildman–Crippen MR) is 65.4 cm³/mol. The summed E-state index contributed by atoms with van der Waals surface area (Å²) >= 11 is 5.92. The van der Waals surface area contributed by atoms with Crippen LogP contribution in [0, 0.1) is 11.3 Å². The van der Waals surface area contributed by atoms with E-state index in [4.69, 9.17) is 11.6 Å². The predicted octanol–water partition coefficient (Wildman–Crippen LogP) is 4.00. The van der Waals surface area contributed by atoms with Crippen LogP contribution in [-0.2, 0) is 0 Å². The van der Waals surface area contributed by atoms with E-state index in [1.54, 1.807) is 0 Å². The van der Waals surface area contributed by atoms with Gasteiger partial charge in [0.25, 0.3) is 0 Å². The van der Waals surface area contributed by atoms with Gasteiger partial charge in [0.2, 0.25) is 0 Å². The lowest BCUT2D eigenvalue weighted by Gasteiger charge is -2.09. The van der Waals surface area contributed by atoms with Crippen LogP contribution in [0.2, 0.25) is 5.02 Å². The number of nitrogens with zero attached hydrogens (tertiary/aromatic N) is 1. The first-order chi connectivity index (χ1) is 7.81. The number of hydrogen-bond donors (Lipinski definition) is 0. The molecule has 0 heterocycles. The van der Waals surface area contributed by atoms with E-state index in [1.807, 2.05) is 54.6 Å². The first-order valence-corrected chi connectivity index (χ1v) is 5.39. The average molecular weight is 228 g/mol. The smallest absolute Gasteiger partial charge is 0.0963 e. The highest BCUT2D eigenvalue weighted by atomic mass is 35.5. The standard InChI is InChI=1S/C14H10ClN/c15-13-8-4-7-12(9-13)14(10-16)11-5-2-1-3-6-11/h1-9,14H. The second-order valence-electron chi connectivity index (χ2n) is 3.53. The summed E-state index contributed by atoms with van der Waals surface area (Å²) in [6.45, 7) is 0. The van der Waals surface area contributed by atoms with Crippen molar-refractivity contribution in [3.05, 3.63) is 70.7 Å². The molecule has 1 atom stereocenters. The summed E-state index contributed by atoms with van der Waals surface area (Å²) < 4.78 is 0. The quantitative estimate of drug-likeness (QED) is 0.761. The zero-order valence-corrected chi connectivity index (χ0v) is 9.35. The number of hydrogen-bond acceptors (Lipinski definition) is 1. The minimum Gasteiger partial charge on any atom is -0.197 e. The summed E-state index contributed by atoms with van der Waals surface area (Å²) in [4.78, 5) is 0. The van der Waals surface area contributed by atoms with E-state index in [-0.39, 0.29) is 5.92 Å². The lowest BCUT2D eigenvalue weighted by Crippen LogP contribution is -1.97. The minimum atomic E-state index is -0.250. The van der Waals surface area contributed by atoms with Crippen molar-refractivity contribution in [2.45, 2.75) is 5.92 Å². The number of benzene rings is 2. The van der Waals surface area contributed by atoms with Gasteiger partial charge in [-0.1, -0.05) is 54.1 Å². The SMILES string of the molecule is N#CC(c1ccccc1)c1cccc(Cl)c1. The van der Waals surface area contributed by atoms with E-state index < -0.39 is 0 Å². The van der Waals surface area contributed by atoms with E-state index in [1.165, 1.54) is 0 Å². The summed E-state index contributed by atoms with van der Waals surface area (Å²) in [5, 5.41) is 9.89. The lowest BCUT2D eigenvalue weighted by atomic mass is 9.93. The Morgan fingerprint density at radius 2 is 1.62 bits per heavy atom. The number of rotatable bonds is 2. The molecule has 1 unspecified atom stereocenters. The molecule has 2 aromatic carbocycles. The van der Waals surface area contributed by atoms with Crippen LogP contribution in [0.5, 0.6) is 0 Å². The second kappa shape index (κ2) is 4.83. The van der Waals surface area contributed by atoms with Gasteiger partial charge in [0.05, 0.1) is 12.0 Å². The third kappa shape index (κ3) is 2.24. The molecule has 0 fully saturated rings. The van der Waals surface area contributed by atoms with Crippen molar-refractivity contribution < 1.29 is 0 Å². The highest BCUT2D eigenvalue weighted by Crippen LogP contribution is 2.25. The summed E-state index contributed by atoms with van der Waals surface area (Å²) in [6.07, 6.45) is 0. The van der Waals surface area contributed by atoms with Crippen LogP contribution in [0.25, 0.3) is 0 Å². The molecule has 1 nitrogen and oxygen atoms in total. The Labute approximate surface area is 99.9 Å². The van der Waals surface area contributed by atoms with Crippen LogP contribution < -0.4 is 0 Å². The van der Waals surface area contributed by atoms with E-state index in [0.29, 0.717) is 5.02 Å². The van der Waals surface area contributed by atoms with Gasteiger partial charge in [0.15, 0.2) is 0 Å². The van der Waals surface area contributed by atoms with Gasteiger partial charge < -0.3 is 0 Å². The van der Waals surface area contributed by atoms with Gasteiger partial charge in [0, 0.05) is 5.02 Å². The molecule has 2 rings (SSSR count). The summed E-state index contributed by atoms with van der Waals surface area (Å²) in [5.41, 5.74) is 1.92. The lowest BCUT2D eigenvalue weighted by molar-refractivity contribution is 1.04. The summed E-state index contributed by atoms with van der Waals surface area (Å²) in [7, 11) is 0. The molecule has 0 aliphatic carbocycles. The Hall–Kier alpha value is -1.78. The van der Waals surface area contributed by atoms with Crippen LogP contribution >= 0.6 is 11.6 Å². The third-order valence-electron chi connectivity index (χ3n) is 2.44. The van der Waals surface area contributed by atoms with Crippen LogP contribution in [0.1, 0.15) is 17.0 Å². The molecule has 2 aromatic rings. The Balaban J connectivity index is 2.42. The van der Waals surface area contributed by atoms with E-state index in [9.17, 15) is 5.26 Å². The molecular formula is C14H10ClN. The van der Waals surface area contributed by atoms with Crippen molar-refractivity contribution in [1.29, 1.82) is 5.26 Å². The van der Waals surface area contributed by atoms with Crippen molar-refractivity contribution in [3.63, 3.8) is 0 Å². The molecule has 0 bridgehead atoms. The molecule has 2 heteroatoms. The first-order valence-electron chi connectivity index (χ1n) is 5.01. The molecule has 0 saturated heterocycles. The maximum Gasteiger partial charge on any atom is 0.0963 e. The fraction of sp³-hybridized carbons (Fsp3) is 0.0714. The summed E-state index contributed by atoms with van der Waals surface area (Å²) in [5.74, 6) is -0.250. The molecule has 0 spiro atoms. The average Bonchev–Trinajstić information content (AvgIpc) is 2.31. The van der Waals surface area contributed by atoms with Crippen LogP contribution in [0.15, 0.2) is 54.6 Å². The molecule has 16 heavy (non-hydrogen) atoms. The topological polar surface area (TPSA) is 23.8 Å². The Morgan fingerprint density at radius 3 is 2.25 bits per heavy atom. The molecule has 0 aliphatic rings. The second-order valence-corrected chi connectivity index (χ2v) is 3.96. The molecule has 0 aromatic heterocycles. The fourth-order valence-corrected chi connectivity index (χ4v) is 1.87. The summed E-state index contributed by atoms with van der Waals surface area (Å²) in [6, 6.07) is 19.5. The number of halogens is 1. The van der Waals surface area contributed by atoms with Gasteiger partial charge in [-0.25, -0.2) is 0 Å². The highest BCUT2D eigenvalue weighted by Gasteiger charge is 2.12. The fourth-order valence-electron chi connectivity index (χ4n) is 1.67. The van der Waals surface area contributed by atoms with Gasteiger partial charge in [-0.15, -0.1) is 0 Å². The zero-order chi connectivity index (χ0) is 11.4. The Kier molecular flexibility index (Phi) is 3.24. The van der Waals surface area contributed by atoms with Crippen LogP contribution in [0.4, 0.5) is 0 Å². The zero-order valence-electron chi connectivity index (χ0n) is 8.60. The largest absolute Gasteiger partial charge is 0.197 e. The van der Waals surface area contributed by atoms with Gasteiger partial charge in [-0.3, -0.25) is 0 Å². The van der Waals surface area contributed by atoms with E-state index in [0.717, 1.165) is 11.1 Å². The third-order valence-corrected chi connectivity index (χ3v) is 2.68. The Bertz CT molecular complexity index is 514. The van der Waals surface area contributed by atoms with E-state index >= 15 is 0 Å². The normalized spacial score (nSPS) is 11.8. The Morgan fingerprint density at radius 1 is 0.938 bits per heavy atom. The molecule has 0 amide bonds. The molecule has 0 radical (unpaired) electrons. The maximum absolute atomic E-state index is 9.23. The van der Waals surface area contributed by atoms with Crippen LogP contribution in [0.3, 0.4) is 0 Å². The van der Waals surface area contributed by atoms with Crippen molar-refractivity contribution in [1.82, 2.24) is 0 Å². The van der Waals surface area contributed by atoms with Crippen molar-refractivity contribution >= 4 is 11.6 Å². The monoisotopic (exact) mass is 227 g/mol. The molecule has 0 saturated carbocycles. The van der Waals surface area contributed by atoms with Crippen LogP contribution in [-0.4, -0.2) is 0 Å². The maximum atomic E-state index is 9.23. The van der Waals surface area contributed by atoms with Crippen molar-refractivity contribution in [2.75, 3.05) is 0 Å². The first kappa shape index (κ1) is 10.7. The van der Waals surface area contributed by atoms with E-state index in [2.05, 4.69) is 6.07 Å². The minimum absolute atomic E-state index is 0.250. The highest BCUT2D eigenvalue weighted by molar-refractivity contribution is 6.30. The van der Waals surface area contributed by atoms with Gasteiger partial charge in [-0.2, -0.15) is 5.26 Å². The van der Waals surface area contributed by atoms with Gasteiger partial charge in [-0.05, 0) is 23.3 Å². The van der Waals surface area contributed by atoms with Gasteiger partial charge in [0.1, 0.15) is 0 Å². The molecule has 0 N–H and O–H groups in total. The van der Waals surface area contributed by atoms with Crippen molar-refractivity contribution in [3.8, 4) is 6.07 Å². The molecule has 0 aliphatic heterocycles.